The van der Waals surface area contributed by atoms with Crippen LogP contribution in [0.3, 0.4) is 0 Å². The van der Waals surface area contributed by atoms with Gasteiger partial charge >= 0.3 is 0 Å². The van der Waals surface area contributed by atoms with Crippen LogP contribution in [0.1, 0.15) is 26.5 Å². The molecule has 0 amide bonds. The molecule has 0 saturated carbocycles. The fourth-order valence-corrected chi connectivity index (χ4v) is 1.48. The van der Waals surface area contributed by atoms with E-state index in [9.17, 15) is 4.79 Å². The van der Waals surface area contributed by atoms with E-state index in [0.717, 1.165) is 5.69 Å². The predicted molar refractivity (Wildman–Crippen MR) is 59.7 cm³/mol. The minimum absolute atomic E-state index is 0.0970. The van der Waals surface area contributed by atoms with Crippen LogP contribution in [0, 0.1) is 4.77 Å². The van der Waals surface area contributed by atoms with Crippen molar-refractivity contribution in [3.05, 3.63) is 26.9 Å². The van der Waals surface area contributed by atoms with Gasteiger partial charge in [-0.25, -0.2) is 4.52 Å². The zero-order valence-electron chi connectivity index (χ0n) is 8.79. The highest BCUT2D eigenvalue weighted by Crippen LogP contribution is 2.20. The van der Waals surface area contributed by atoms with Crippen LogP contribution >= 0.6 is 12.2 Å². The molecule has 0 saturated heterocycles. The summed E-state index contributed by atoms with van der Waals surface area (Å²) < 4.78 is 1.84. The molecule has 0 aliphatic rings. The Morgan fingerprint density at radius 2 is 2.07 bits per heavy atom. The zero-order valence-corrected chi connectivity index (χ0v) is 9.60. The number of nitrogens with one attached hydrogen (secondary N) is 2. The van der Waals surface area contributed by atoms with Crippen LogP contribution in [0.4, 0.5) is 0 Å². The van der Waals surface area contributed by atoms with Crippen LogP contribution in [-0.2, 0) is 5.41 Å². The highest BCUT2D eigenvalue weighted by Gasteiger charge is 2.18. The summed E-state index contributed by atoms with van der Waals surface area (Å²) in [6.07, 6.45) is 0. The molecular formula is C9H12N4OS. The summed E-state index contributed by atoms with van der Waals surface area (Å²) in [6.45, 7) is 6.11. The highest BCUT2D eigenvalue weighted by atomic mass is 32.1. The fourth-order valence-electron chi connectivity index (χ4n) is 1.29. The maximum atomic E-state index is 11.5. The molecular weight excluding hydrogens is 212 g/mol. The average molecular weight is 224 g/mol. The zero-order chi connectivity index (χ0) is 11.2. The Labute approximate surface area is 91.1 Å². The minimum Gasteiger partial charge on any atom is -0.272 e. The maximum Gasteiger partial charge on any atom is 0.288 e. The smallest absolute Gasteiger partial charge is 0.272 e. The second-order valence-electron chi connectivity index (χ2n) is 4.46. The lowest BCUT2D eigenvalue weighted by Gasteiger charge is -2.13. The normalized spacial score (nSPS) is 12.2. The molecule has 6 heteroatoms. The second kappa shape index (κ2) is 3.03. The van der Waals surface area contributed by atoms with Crippen molar-refractivity contribution in [1.29, 1.82) is 0 Å². The fraction of sp³-hybridized carbons (Fsp3) is 0.444. The first-order valence-corrected chi connectivity index (χ1v) is 5.01. The number of nitrogens with zero attached hydrogens (tertiary/aromatic N) is 2. The number of rotatable bonds is 0. The summed E-state index contributed by atoms with van der Waals surface area (Å²) in [5.74, 6) is 0. The molecule has 0 spiro atoms. The van der Waals surface area contributed by atoms with Crippen LogP contribution in [0.5, 0.6) is 0 Å². The molecule has 80 valence electrons. The SMILES string of the molecule is CC(C)(C)c1cc2c(=O)[nH][nH]c(=S)n2n1. The highest BCUT2D eigenvalue weighted by molar-refractivity contribution is 7.71. The van der Waals surface area contributed by atoms with E-state index >= 15 is 0 Å². The number of fused-ring (bicyclic) bond motifs is 1. The van der Waals surface area contributed by atoms with E-state index in [1.54, 1.807) is 6.07 Å². The summed E-state index contributed by atoms with van der Waals surface area (Å²) in [5.41, 5.74) is 1.01. The largest absolute Gasteiger partial charge is 0.288 e. The van der Waals surface area contributed by atoms with Crippen LogP contribution in [-0.4, -0.2) is 19.8 Å². The topological polar surface area (TPSA) is 66.0 Å². The van der Waals surface area contributed by atoms with Crippen LogP contribution in [0.2, 0.25) is 0 Å². The number of aromatic amines is 2. The summed E-state index contributed by atoms with van der Waals surface area (Å²) in [4.78, 5) is 11.5. The van der Waals surface area contributed by atoms with Gasteiger partial charge in [0, 0.05) is 5.41 Å². The van der Waals surface area contributed by atoms with Crippen LogP contribution < -0.4 is 5.56 Å². The van der Waals surface area contributed by atoms with Gasteiger partial charge in [-0.1, -0.05) is 20.8 Å². The lowest BCUT2D eigenvalue weighted by atomic mass is 9.92. The van der Waals surface area contributed by atoms with E-state index in [4.69, 9.17) is 12.2 Å². The molecule has 2 aromatic rings. The molecule has 0 bridgehead atoms. The van der Waals surface area contributed by atoms with Gasteiger partial charge in [0.15, 0.2) is 0 Å². The van der Waals surface area contributed by atoms with Crippen LogP contribution in [0.25, 0.3) is 5.52 Å². The van der Waals surface area contributed by atoms with E-state index in [-0.39, 0.29) is 11.0 Å². The van der Waals surface area contributed by atoms with Gasteiger partial charge in [-0.3, -0.25) is 15.0 Å². The molecule has 15 heavy (non-hydrogen) atoms. The first-order chi connectivity index (χ1) is 6.89. The maximum absolute atomic E-state index is 11.5. The molecule has 0 atom stereocenters. The minimum atomic E-state index is -0.216. The van der Waals surface area contributed by atoms with Gasteiger partial charge < -0.3 is 0 Å². The Hall–Kier alpha value is -1.43. The summed E-state index contributed by atoms with van der Waals surface area (Å²) in [7, 11) is 0. The predicted octanol–water partition coefficient (Wildman–Crippen LogP) is 1.38. The van der Waals surface area contributed by atoms with Crippen molar-refractivity contribution < 1.29 is 0 Å². The molecule has 2 N–H and O–H groups in total. The summed E-state index contributed by atoms with van der Waals surface area (Å²) in [5, 5.41) is 9.35. The lowest BCUT2D eigenvalue weighted by molar-refractivity contribution is 0.561. The molecule has 0 aromatic carbocycles. The number of H-pyrrole nitrogens is 2. The average Bonchev–Trinajstić information content (AvgIpc) is 2.56. The van der Waals surface area contributed by atoms with Gasteiger partial charge in [-0.2, -0.15) is 5.10 Å². The van der Waals surface area contributed by atoms with Crippen molar-refractivity contribution in [2.45, 2.75) is 26.2 Å². The quantitative estimate of drug-likeness (QED) is 0.664. The first-order valence-electron chi connectivity index (χ1n) is 4.61. The third kappa shape index (κ3) is 1.61. The Bertz CT molecular complexity index is 566. The van der Waals surface area contributed by atoms with E-state index in [1.807, 2.05) is 20.8 Å². The van der Waals surface area contributed by atoms with Crippen molar-refractivity contribution in [2.75, 3.05) is 0 Å². The molecule has 0 unspecified atom stereocenters. The molecule has 0 aliphatic heterocycles. The standard InChI is InChI=1S/C9H12N4OS/c1-9(2,3)6-4-5-7(14)10-11-8(15)13(5)12-6/h4H,1-3H3,(H,10,14)(H,11,15). The van der Waals surface area contributed by atoms with Gasteiger partial charge in [0.2, 0.25) is 4.77 Å². The molecule has 2 heterocycles. The molecule has 2 aromatic heterocycles. The van der Waals surface area contributed by atoms with Gasteiger partial charge in [0.05, 0.1) is 5.69 Å². The third-order valence-corrected chi connectivity index (χ3v) is 2.46. The monoisotopic (exact) mass is 224 g/mol. The molecule has 2 rings (SSSR count). The van der Waals surface area contributed by atoms with Crippen molar-refractivity contribution >= 4 is 17.7 Å². The van der Waals surface area contributed by atoms with Crippen molar-refractivity contribution in [1.82, 2.24) is 19.8 Å². The van der Waals surface area contributed by atoms with Crippen LogP contribution in [0.15, 0.2) is 10.9 Å². The van der Waals surface area contributed by atoms with Gasteiger partial charge in [0.1, 0.15) is 5.52 Å². The summed E-state index contributed by atoms with van der Waals surface area (Å²) >= 11 is 5.02. The first kappa shape index (κ1) is 10.1. The second-order valence-corrected chi connectivity index (χ2v) is 4.85. The lowest BCUT2D eigenvalue weighted by Crippen LogP contribution is -2.13. The Morgan fingerprint density at radius 3 is 2.60 bits per heavy atom. The molecule has 0 fully saturated rings. The molecule has 0 aliphatic carbocycles. The Kier molecular flexibility index (Phi) is 2.04. The van der Waals surface area contributed by atoms with Gasteiger partial charge in [0.25, 0.3) is 5.56 Å². The van der Waals surface area contributed by atoms with Crippen molar-refractivity contribution in [3.8, 4) is 0 Å². The van der Waals surface area contributed by atoms with Gasteiger partial charge in [-0.15, -0.1) is 0 Å². The third-order valence-electron chi connectivity index (χ3n) is 2.19. The van der Waals surface area contributed by atoms with E-state index in [1.165, 1.54) is 4.52 Å². The summed E-state index contributed by atoms with van der Waals surface area (Å²) in [6, 6.07) is 1.77. The van der Waals surface area contributed by atoms with Crippen molar-refractivity contribution in [2.24, 2.45) is 0 Å². The molecule has 5 nitrogen and oxygen atoms in total. The van der Waals surface area contributed by atoms with E-state index in [0.29, 0.717) is 10.3 Å². The number of hydrogen-bond acceptors (Lipinski definition) is 3. The Morgan fingerprint density at radius 1 is 1.40 bits per heavy atom. The van der Waals surface area contributed by atoms with Gasteiger partial charge in [-0.05, 0) is 18.3 Å². The Balaban J connectivity index is 2.88. The number of aromatic nitrogens is 4. The van der Waals surface area contributed by atoms with Crippen molar-refractivity contribution in [3.63, 3.8) is 0 Å². The van der Waals surface area contributed by atoms with E-state index < -0.39 is 0 Å². The number of hydrogen-bond donors (Lipinski definition) is 2. The van der Waals surface area contributed by atoms with E-state index in [2.05, 4.69) is 15.3 Å². The molecule has 0 radical (unpaired) electrons.